The van der Waals surface area contributed by atoms with Crippen molar-refractivity contribution < 1.29 is 18.0 Å². The molecule has 0 unspecified atom stereocenters. The molecule has 8 heteroatoms. The summed E-state index contributed by atoms with van der Waals surface area (Å²) in [5, 5.41) is -0.550. The van der Waals surface area contributed by atoms with Crippen LogP contribution in [0.3, 0.4) is 0 Å². The van der Waals surface area contributed by atoms with Gasteiger partial charge in [-0.2, -0.15) is 13.2 Å². The number of rotatable bonds is 2. The Bertz CT molecular complexity index is 581. The number of aromatic nitrogens is 2. The van der Waals surface area contributed by atoms with Gasteiger partial charge >= 0.3 is 6.18 Å². The van der Waals surface area contributed by atoms with Crippen molar-refractivity contribution in [1.82, 2.24) is 9.97 Å². The van der Waals surface area contributed by atoms with Gasteiger partial charge < -0.3 is 0 Å². The van der Waals surface area contributed by atoms with E-state index >= 15 is 0 Å². The summed E-state index contributed by atoms with van der Waals surface area (Å²) in [5.74, 6) is 0. The minimum atomic E-state index is -4.29. The van der Waals surface area contributed by atoms with Crippen LogP contribution in [0.1, 0.15) is 15.4 Å². The van der Waals surface area contributed by atoms with Crippen LogP contribution < -0.4 is 0 Å². The normalized spacial score (nSPS) is 12.0. The molecule has 90 valence electrons. The Morgan fingerprint density at radius 3 is 2.71 bits per heavy atom. The third kappa shape index (κ3) is 2.73. The van der Waals surface area contributed by atoms with Crippen LogP contribution in [0.25, 0.3) is 10.2 Å². The van der Waals surface area contributed by atoms with Crippen LogP contribution in [0.2, 0.25) is 0 Å². The summed E-state index contributed by atoms with van der Waals surface area (Å²) >= 11 is 6.15. The van der Waals surface area contributed by atoms with Crippen LogP contribution >= 0.6 is 22.9 Å². The van der Waals surface area contributed by atoms with E-state index in [9.17, 15) is 18.0 Å². The summed E-state index contributed by atoms with van der Waals surface area (Å²) in [6, 6.07) is 1.25. The van der Waals surface area contributed by atoms with Gasteiger partial charge in [-0.15, -0.1) is 11.3 Å². The molecule has 0 atom stereocenters. The van der Waals surface area contributed by atoms with Crippen LogP contribution in [-0.4, -0.2) is 21.4 Å². The highest BCUT2D eigenvalue weighted by atomic mass is 35.5. The van der Waals surface area contributed by atoms with Gasteiger partial charge in [-0.25, -0.2) is 9.97 Å². The van der Waals surface area contributed by atoms with Gasteiger partial charge in [0, 0.05) is 10.3 Å². The zero-order valence-corrected chi connectivity index (χ0v) is 9.66. The Morgan fingerprint density at radius 2 is 2.12 bits per heavy atom. The van der Waals surface area contributed by atoms with E-state index in [-0.39, 0.29) is 16.0 Å². The van der Waals surface area contributed by atoms with Gasteiger partial charge in [-0.05, 0) is 17.7 Å². The quantitative estimate of drug-likeness (QED) is 0.794. The Labute approximate surface area is 102 Å². The summed E-state index contributed by atoms with van der Waals surface area (Å²) in [6.07, 6.45) is -4.24. The van der Waals surface area contributed by atoms with E-state index in [0.29, 0.717) is 4.83 Å². The highest BCUT2D eigenvalue weighted by Crippen LogP contribution is 2.31. The van der Waals surface area contributed by atoms with Crippen molar-refractivity contribution in [2.75, 3.05) is 0 Å². The molecule has 0 aliphatic rings. The van der Waals surface area contributed by atoms with Crippen LogP contribution in [0, 0.1) is 0 Å². The van der Waals surface area contributed by atoms with E-state index in [1.807, 2.05) is 0 Å². The van der Waals surface area contributed by atoms with Crippen molar-refractivity contribution in [2.24, 2.45) is 0 Å². The van der Waals surface area contributed by atoms with Gasteiger partial charge in [0.25, 0.3) is 5.24 Å². The van der Waals surface area contributed by atoms with Crippen molar-refractivity contribution in [3.8, 4) is 0 Å². The van der Waals surface area contributed by atoms with Crippen LogP contribution in [0.4, 0.5) is 13.2 Å². The minimum absolute atomic E-state index is 0.0682. The first-order chi connectivity index (χ1) is 7.87. The maximum atomic E-state index is 12.2. The Hall–Kier alpha value is -1.21. The molecule has 0 aliphatic carbocycles. The molecule has 3 nitrogen and oxygen atoms in total. The number of thiophene rings is 1. The second-order valence-electron chi connectivity index (χ2n) is 3.22. The summed E-state index contributed by atoms with van der Waals surface area (Å²) in [7, 11) is 0. The molecule has 17 heavy (non-hydrogen) atoms. The number of hydrogen-bond acceptors (Lipinski definition) is 4. The van der Waals surface area contributed by atoms with Gasteiger partial charge in [0.05, 0.1) is 6.42 Å². The molecular formula is C9H4ClF3N2OS. The number of hydrogen-bond donors (Lipinski definition) is 0. The summed E-state index contributed by atoms with van der Waals surface area (Å²) in [6.45, 7) is 0. The SMILES string of the molecule is O=C(Cl)c1ncnc2sc(CC(F)(F)F)cc12. The van der Waals surface area contributed by atoms with Crippen molar-refractivity contribution in [3.05, 3.63) is 23.0 Å². The molecular weight excluding hydrogens is 277 g/mol. The maximum absolute atomic E-state index is 12.2. The second kappa shape index (κ2) is 4.23. The molecule has 0 spiro atoms. The van der Waals surface area contributed by atoms with Crippen LogP contribution in [0.5, 0.6) is 0 Å². The molecule has 0 fully saturated rings. The van der Waals surface area contributed by atoms with Crippen LogP contribution in [-0.2, 0) is 6.42 Å². The number of carbonyl (C=O) groups is 1. The zero-order valence-electron chi connectivity index (χ0n) is 8.08. The number of halogens is 4. The Kier molecular flexibility index (Phi) is 3.05. The molecule has 0 bridgehead atoms. The fourth-order valence-corrected chi connectivity index (χ4v) is 2.52. The van der Waals surface area contributed by atoms with E-state index < -0.39 is 17.8 Å². The smallest absolute Gasteiger partial charge is 0.274 e. The highest BCUT2D eigenvalue weighted by Gasteiger charge is 2.29. The Balaban J connectivity index is 2.50. The maximum Gasteiger partial charge on any atom is 0.393 e. The van der Waals surface area contributed by atoms with Gasteiger partial charge in [0.15, 0.2) is 0 Å². The zero-order chi connectivity index (χ0) is 12.6. The average molecular weight is 281 g/mol. The first-order valence-corrected chi connectivity index (χ1v) is 5.56. The fourth-order valence-electron chi connectivity index (χ4n) is 1.35. The first-order valence-electron chi connectivity index (χ1n) is 4.37. The molecule has 0 saturated heterocycles. The molecule has 0 amide bonds. The lowest BCUT2D eigenvalue weighted by molar-refractivity contribution is -0.126. The fraction of sp³-hybridized carbons (Fsp3) is 0.222. The molecule has 2 aromatic heterocycles. The van der Waals surface area contributed by atoms with E-state index in [1.165, 1.54) is 6.07 Å². The number of alkyl halides is 3. The molecule has 2 aromatic rings. The molecule has 0 radical (unpaired) electrons. The number of carbonyl (C=O) groups excluding carboxylic acids is 1. The summed E-state index contributed by atoms with van der Waals surface area (Å²) < 4.78 is 36.6. The molecule has 0 N–H and O–H groups in total. The largest absolute Gasteiger partial charge is 0.393 e. The summed E-state index contributed by atoms with van der Waals surface area (Å²) in [4.78, 5) is 18.9. The number of fused-ring (bicyclic) bond motifs is 1. The van der Waals surface area contributed by atoms with Gasteiger partial charge in [-0.1, -0.05) is 0 Å². The standard InChI is InChI=1S/C9H4ClF3N2OS/c10-7(16)6-5-1-4(2-9(11,12)13)17-8(5)15-3-14-6/h1,3H,2H2. The first kappa shape index (κ1) is 12.3. The van der Waals surface area contributed by atoms with E-state index in [1.54, 1.807) is 0 Å². The predicted octanol–water partition coefficient (Wildman–Crippen LogP) is 3.18. The van der Waals surface area contributed by atoms with E-state index in [4.69, 9.17) is 11.6 Å². The third-order valence-electron chi connectivity index (χ3n) is 1.94. The summed E-state index contributed by atoms with van der Waals surface area (Å²) in [5.41, 5.74) is -0.0682. The van der Waals surface area contributed by atoms with Crippen molar-refractivity contribution >= 4 is 38.4 Å². The number of nitrogens with zero attached hydrogens (tertiary/aromatic N) is 2. The molecule has 0 saturated carbocycles. The van der Waals surface area contributed by atoms with E-state index in [2.05, 4.69) is 9.97 Å². The lowest BCUT2D eigenvalue weighted by Crippen LogP contribution is -2.10. The third-order valence-corrected chi connectivity index (χ3v) is 3.16. The van der Waals surface area contributed by atoms with Crippen molar-refractivity contribution in [2.45, 2.75) is 12.6 Å². The monoisotopic (exact) mass is 280 g/mol. The lowest BCUT2D eigenvalue weighted by Gasteiger charge is -2.01. The molecule has 2 heterocycles. The molecule has 0 aliphatic heterocycles. The van der Waals surface area contributed by atoms with E-state index in [0.717, 1.165) is 17.7 Å². The lowest BCUT2D eigenvalue weighted by atomic mass is 10.2. The molecule has 0 aromatic carbocycles. The van der Waals surface area contributed by atoms with Crippen molar-refractivity contribution in [3.63, 3.8) is 0 Å². The van der Waals surface area contributed by atoms with Gasteiger partial charge in [0.2, 0.25) is 0 Å². The second-order valence-corrected chi connectivity index (χ2v) is 4.68. The molecule has 2 rings (SSSR count). The predicted molar refractivity (Wildman–Crippen MR) is 57.4 cm³/mol. The van der Waals surface area contributed by atoms with Gasteiger partial charge in [0.1, 0.15) is 16.9 Å². The van der Waals surface area contributed by atoms with Crippen molar-refractivity contribution in [1.29, 1.82) is 0 Å². The average Bonchev–Trinajstić information content (AvgIpc) is 2.55. The minimum Gasteiger partial charge on any atom is -0.274 e. The van der Waals surface area contributed by atoms with Gasteiger partial charge in [-0.3, -0.25) is 4.79 Å². The Morgan fingerprint density at radius 1 is 1.41 bits per heavy atom. The van der Waals surface area contributed by atoms with Crippen LogP contribution in [0.15, 0.2) is 12.4 Å². The topological polar surface area (TPSA) is 42.9 Å². The highest BCUT2D eigenvalue weighted by molar-refractivity contribution is 7.18.